The predicted molar refractivity (Wildman–Crippen MR) is 70.0 cm³/mol. The minimum Gasteiger partial charge on any atom is -0.385 e. The van der Waals surface area contributed by atoms with Crippen molar-refractivity contribution in [1.82, 2.24) is 0 Å². The summed E-state index contributed by atoms with van der Waals surface area (Å²) >= 11 is 5.88. The first kappa shape index (κ1) is 11.8. The average molecular weight is 237 g/mol. The molecule has 0 unspecified atom stereocenters. The molecule has 87 valence electrons. The van der Waals surface area contributed by atoms with Crippen molar-refractivity contribution < 1.29 is 0 Å². The Labute approximate surface area is 103 Å². The van der Waals surface area contributed by atoms with Crippen LogP contribution in [0.25, 0.3) is 0 Å². The minimum absolute atomic E-state index is 0.683. The van der Waals surface area contributed by atoms with Gasteiger partial charge in [0.05, 0.1) is 5.02 Å². The summed E-state index contributed by atoms with van der Waals surface area (Å²) in [6.45, 7) is 1.06. The Hall–Kier alpha value is -0.690. The third-order valence-electron chi connectivity index (χ3n) is 3.37. The van der Waals surface area contributed by atoms with E-state index in [-0.39, 0.29) is 0 Å². The number of benzene rings is 1. The van der Waals surface area contributed by atoms with Gasteiger partial charge in [0.15, 0.2) is 0 Å². The molecule has 0 saturated heterocycles. The lowest BCUT2D eigenvalue weighted by Crippen LogP contribution is -2.12. The molecular formula is C14H19ClN. The average Bonchev–Trinajstić information content (AvgIpc) is 2.30. The fourth-order valence-electron chi connectivity index (χ4n) is 2.44. The molecule has 1 N–H and O–H groups in total. The van der Waals surface area contributed by atoms with Gasteiger partial charge >= 0.3 is 0 Å². The van der Waals surface area contributed by atoms with Crippen molar-refractivity contribution in [3.8, 4) is 0 Å². The van der Waals surface area contributed by atoms with Crippen LogP contribution in [0.15, 0.2) is 18.2 Å². The van der Waals surface area contributed by atoms with E-state index in [2.05, 4.69) is 11.4 Å². The zero-order valence-corrected chi connectivity index (χ0v) is 10.4. The summed E-state index contributed by atoms with van der Waals surface area (Å²) < 4.78 is 0. The van der Waals surface area contributed by atoms with E-state index in [9.17, 15) is 0 Å². The van der Waals surface area contributed by atoms with Crippen molar-refractivity contribution in [2.45, 2.75) is 38.5 Å². The zero-order valence-electron chi connectivity index (χ0n) is 9.64. The first-order valence-corrected chi connectivity index (χ1v) is 6.63. The Balaban J connectivity index is 1.71. The number of nitrogens with one attached hydrogen (secondary N) is 1. The minimum atomic E-state index is 0.683. The second kappa shape index (κ2) is 6.15. The second-order valence-electron chi connectivity index (χ2n) is 4.64. The molecule has 1 nitrogen and oxygen atoms in total. The van der Waals surface area contributed by atoms with Gasteiger partial charge in [-0.15, -0.1) is 0 Å². The Morgan fingerprint density at radius 2 is 2.12 bits per heavy atom. The Kier molecular flexibility index (Phi) is 4.53. The summed E-state index contributed by atoms with van der Waals surface area (Å²) in [5.74, 6) is 0.937. The van der Waals surface area contributed by atoms with E-state index in [0.29, 0.717) is 5.02 Å². The second-order valence-corrected chi connectivity index (χ2v) is 5.05. The third kappa shape index (κ3) is 3.71. The summed E-state index contributed by atoms with van der Waals surface area (Å²) in [5, 5.41) is 4.11. The van der Waals surface area contributed by atoms with E-state index in [0.717, 1.165) is 18.2 Å². The van der Waals surface area contributed by atoms with Crippen molar-refractivity contribution in [2.24, 2.45) is 5.92 Å². The molecule has 1 aromatic rings. The van der Waals surface area contributed by atoms with E-state index in [1.165, 1.54) is 38.5 Å². The predicted octanol–water partition coefficient (Wildman–Crippen LogP) is 4.52. The lowest BCUT2D eigenvalue weighted by molar-refractivity contribution is 0.345. The Morgan fingerprint density at radius 3 is 2.88 bits per heavy atom. The van der Waals surface area contributed by atoms with Gasteiger partial charge in [0.1, 0.15) is 0 Å². The normalized spacial score (nSPS) is 17.3. The van der Waals surface area contributed by atoms with Crippen LogP contribution in [0.4, 0.5) is 5.69 Å². The lowest BCUT2D eigenvalue weighted by Gasteiger charge is -2.21. The molecule has 2 heteroatoms. The van der Waals surface area contributed by atoms with Crippen molar-refractivity contribution in [1.29, 1.82) is 0 Å². The third-order valence-corrected chi connectivity index (χ3v) is 3.59. The summed E-state index contributed by atoms with van der Waals surface area (Å²) in [6.07, 6.45) is 8.42. The summed E-state index contributed by atoms with van der Waals surface area (Å²) in [5.41, 5.74) is 1.11. The van der Waals surface area contributed by atoms with Gasteiger partial charge in [-0.05, 0) is 24.5 Å². The first-order valence-electron chi connectivity index (χ1n) is 6.26. The SMILES string of the molecule is Clc1[c]ccc(NCCC2CCCCC2)c1. The highest BCUT2D eigenvalue weighted by molar-refractivity contribution is 6.30. The van der Waals surface area contributed by atoms with Crippen molar-refractivity contribution in [2.75, 3.05) is 11.9 Å². The van der Waals surface area contributed by atoms with Crippen LogP contribution in [0, 0.1) is 12.0 Å². The van der Waals surface area contributed by atoms with Crippen LogP contribution in [0.2, 0.25) is 5.02 Å². The van der Waals surface area contributed by atoms with E-state index in [1.54, 1.807) is 0 Å². The molecule has 1 aromatic carbocycles. The zero-order chi connectivity index (χ0) is 11.2. The Bertz CT molecular complexity index is 318. The van der Waals surface area contributed by atoms with Crippen LogP contribution in [0.5, 0.6) is 0 Å². The number of halogens is 1. The summed E-state index contributed by atoms with van der Waals surface area (Å²) in [7, 11) is 0. The molecule has 0 spiro atoms. The maximum Gasteiger partial charge on any atom is 0.0505 e. The summed E-state index contributed by atoms with van der Waals surface area (Å²) in [4.78, 5) is 0. The smallest absolute Gasteiger partial charge is 0.0505 e. The van der Waals surface area contributed by atoms with E-state index in [1.807, 2.05) is 18.2 Å². The molecule has 16 heavy (non-hydrogen) atoms. The molecule has 1 aliphatic carbocycles. The molecule has 0 aliphatic heterocycles. The van der Waals surface area contributed by atoms with Gasteiger partial charge in [0.25, 0.3) is 0 Å². The molecule has 0 aromatic heterocycles. The van der Waals surface area contributed by atoms with Gasteiger partial charge in [-0.2, -0.15) is 0 Å². The molecule has 1 saturated carbocycles. The molecule has 1 aliphatic rings. The van der Waals surface area contributed by atoms with Crippen LogP contribution in [-0.4, -0.2) is 6.54 Å². The van der Waals surface area contributed by atoms with Gasteiger partial charge < -0.3 is 5.32 Å². The van der Waals surface area contributed by atoms with Gasteiger partial charge in [-0.3, -0.25) is 0 Å². The standard InChI is InChI=1S/C14H19ClN/c15-13-7-4-8-14(11-13)16-10-9-12-5-2-1-3-6-12/h4,8,11-12,16H,1-3,5-6,9-10H2. The molecule has 0 bridgehead atoms. The fraction of sp³-hybridized carbons (Fsp3) is 0.571. The van der Waals surface area contributed by atoms with E-state index in [4.69, 9.17) is 11.6 Å². The van der Waals surface area contributed by atoms with Crippen LogP contribution >= 0.6 is 11.6 Å². The van der Waals surface area contributed by atoms with Gasteiger partial charge in [-0.25, -0.2) is 0 Å². The molecule has 2 rings (SSSR count). The van der Waals surface area contributed by atoms with Crippen molar-refractivity contribution in [3.05, 3.63) is 29.3 Å². The largest absolute Gasteiger partial charge is 0.385 e. The van der Waals surface area contributed by atoms with Crippen molar-refractivity contribution in [3.63, 3.8) is 0 Å². The highest BCUT2D eigenvalue weighted by atomic mass is 35.5. The van der Waals surface area contributed by atoms with Crippen LogP contribution in [0.3, 0.4) is 0 Å². The molecular weight excluding hydrogens is 218 g/mol. The Morgan fingerprint density at radius 1 is 1.31 bits per heavy atom. The summed E-state index contributed by atoms with van der Waals surface area (Å²) in [6, 6.07) is 8.76. The van der Waals surface area contributed by atoms with Gasteiger partial charge in [-0.1, -0.05) is 49.8 Å². The lowest BCUT2D eigenvalue weighted by atomic mass is 9.87. The van der Waals surface area contributed by atoms with Gasteiger partial charge in [0, 0.05) is 18.3 Å². The molecule has 0 amide bonds. The maximum atomic E-state index is 5.88. The number of anilines is 1. The number of rotatable bonds is 4. The van der Waals surface area contributed by atoms with E-state index >= 15 is 0 Å². The van der Waals surface area contributed by atoms with Crippen LogP contribution in [0.1, 0.15) is 38.5 Å². The maximum absolute atomic E-state index is 5.88. The molecule has 0 heterocycles. The van der Waals surface area contributed by atoms with Crippen LogP contribution in [-0.2, 0) is 0 Å². The quantitative estimate of drug-likeness (QED) is 0.811. The fourth-order valence-corrected chi connectivity index (χ4v) is 2.62. The van der Waals surface area contributed by atoms with E-state index < -0.39 is 0 Å². The first-order chi connectivity index (χ1) is 7.84. The monoisotopic (exact) mass is 236 g/mol. The molecule has 0 atom stereocenters. The number of hydrogen-bond donors (Lipinski definition) is 1. The molecule has 1 radical (unpaired) electrons. The number of hydrogen-bond acceptors (Lipinski definition) is 1. The topological polar surface area (TPSA) is 12.0 Å². The molecule has 1 fully saturated rings. The van der Waals surface area contributed by atoms with Crippen LogP contribution < -0.4 is 5.32 Å². The highest BCUT2D eigenvalue weighted by Gasteiger charge is 2.12. The van der Waals surface area contributed by atoms with Gasteiger partial charge in [0.2, 0.25) is 0 Å². The highest BCUT2D eigenvalue weighted by Crippen LogP contribution is 2.26. The van der Waals surface area contributed by atoms with Crippen molar-refractivity contribution >= 4 is 17.3 Å².